The molecule has 0 spiro atoms. The molecule has 0 radical (unpaired) electrons. The second kappa shape index (κ2) is 6.83. The summed E-state index contributed by atoms with van der Waals surface area (Å²) < 4.78 is 33.7. The summed E-state index contributed by atoms with van der Waals surface area (Å²) in [6.07, 6.45) is -1.74. The van der Waals surface area contributed by atoms with Crippen molar-refractivity contribution in [2.45, 2.75) is 24.7 Å². The van der Waals surface area contributed by atoms with E-state index in [0.717, 1.165) is 0 Å². The number of nitrogens with zero attached hydrogens (tertiary/aromatic N) is 2. The van der Waals surface area contributed by atoms with Gasteiger partial charge in [-0.25, -0.2) is 13.6 Å². The maximum atomic E-state index is 14.3. The highest BCUT2D eigenvalue weighted by Crippen LogP contribution is 2.41. The van der Waals surface area contributed by atoms with Crippen LogP contribution >= 0.6 is 0 Å². The number of piperidine rings is 1. The predicted molar refractivity (Wildman–Crippen MR) is 79.5 cm³/mol. The van der Waals surface area contributed by atoms with E-state index in [-0.39, 0.29) is 36.3 Å². The molecule has 1 aromatic carbocycles. The average Bonchev–Trinajstić information content (AvgIpc) is 2.53. The van der Waals surface area contributed by atoms with Crippen molar-refractivity contribution in [2.75, 3.05) is 20.2 Å². The van der Waals surface area contributed by atoms with E-state index in [2.05, 4.69) is 0 Å². The van der Waals surface area contributed by atoms with Crippen LogP contribution in [-0.2, 0) is 0 Å². The molecule has 1 amide bonds. The lowest BCUT2D eigenvalue weighted by Crippen LogP contribution is -2.49. The van der Waals surface area contributed by atoms with Crippen molar-refractivity contribution in [3.8, 4) is 11.8 Å². The number of hydrogen-bond acceptors (Lipinski definition) is 4. The first-order valence-electron chi connectivity index (χ1n) is 7.24. The number of halogens is 2. The van der Waals surface area contributed by atoms with E-state index in [1.807, 2.05) is 0 Å². The van der Waals surface area contributed by atoms with Gasteiger partial charge in [0.1, 0.15) is 5.75 Å². The zero-order chi connectivity index (χ0) is 17.9. The number of rotatable bonds is 4. The van der Waals surface area contributed by atoms with Gasteiger partial charge in [0.15, 0.2) is 5.78 Å². The first kappa shape index (κ1) is 17.7. The molecule has 1 N–H and O–H groups in total. The van der Waals surface area contributed by atoms with Crippen LogP contribution in [0.5, 0.6) is 5.75 Å². The summed E-state index contributed by atoms with van der Waals surface area (Å²) in [4.78, 5) is 23.4. The summed E-state index contributed by atoms with van der Waals surface area (Å²) in [5.41, 5.74) is 0.435. The van der Waals surface area contributed by atoms with E-state index in [1.54, 1.807) is 6.07 Å². The molecule has 1 aliphatic heterocycles. The number of amides is 1. The van der Waals surface area contributed by atoms with Gasteiger partial charge >= 0.3 is 6.09 Å². The van der Waals surface area contributed by atoms with Crippen LogP contribution in [0.15, 0.2) is 18.2 Å². The van der Waals surface area contributed by atoms with Crippen LogP contribution in [-0.4, -0.2) is 48.0 Å². The van der Waals surface area contributed by atoms with Crippen molar-refractivity contribution in [2.24, 2.45) is 0 Å². The molecule has 0 aromatic heterocycles. The van der Waals surface area contributed by atoms with Gasteiger partial charge in [0.25, 0.3) is 5.92 Å². The highest BCUT2D eigenvalue weighted by Gasteiger charge is 2.46. The Morgan fingerprint density at radius 1 is 1.50 bits per heavy atom. The van der Waals surface area contributed by atoms with E-state index in [1.165, 1.54) is 25.3 Å². The molecule has 8 heteroatoms. The minimum absolute atomic E-state index is 0.00696. The topological polar surface area (TPSA) is 90.6 Å². The zero-order valence-electron chi connectivity index (χ0n) is 13.0. The number of carboxylic acid groups (broad SMARTS) is 1. The van der Waals surface area contributed by atoms with Crippen LogP contribution in [0.25, 0.3) is 0 Å². The Labute approximate surface area is 137 Å². The minimum Gasteiger partial charge on any atom is -0.496 e. The Balaban J connectivity index is 2.31. The Kier molecular flexibility index (Phi) is 5.02. The molecule has 24 heavy (non-hydrogen) atoms. The van der Waals surface area contributed by atoms with Crippen molar-refractivity contribution in [3.63, 3.8) is 0 Å². The SMILES string of the molecule is COc1cc(C2CCN(C(=O)O)CC2(F)F)ccc1C(=O)CC#N. The number of ketones is 1. The largest absolute Gasteiger partial charge is 0.496 e. The molecule has 1 aromatic rings. The lowest BCUT2D eigenvalue weighted by Gasteiger charge is -2.37. The number of alkyl halides is 2. The molecular formula is C16H16F2N2O4. The van der Waals surface area contributed by atoms with Crippen molar-refractivity contribution in [1.82, 2.24) is 4.90 Å². The minimum atomic E-state index is -3.22. The van der Waals surface area contributed by atoms with Crippen molar-refractivity contribution in [1.29, 1.82) is 5.26 Å². The maximum Gasteiger partial charge on any atom is 0.407 e. The summed E-state index contributed by atoms with van der Waals surface area (Å²) in [5.74, 6) is -4.71. The Morgan fingerprint density at radius 3 is 2.75 bits per heavy atom. The quantitative estimate of drug-likeness (QED) is 0.853. The third kappa shape index (κ3) is 3.45. The third-order valence-electron chi connectivity index (χ3n) is 4.04. The van der Waals surface area contributed by atoms with Gasteiger partial charge in [-0.05, 0) is 24.1 Å². The standard InChI is InChI=1S/C16H16F2N2O4/c1-24-14-8-10(2-3-11(14)13(21)4-6-19)12-5-7-20(15(22)23)9-16(12,17)18/h2-3,8,12H,4-5,7,9H2,1H3,(H,22,23). The fourth-order valence-corrected chi connectivity index (χ4v) is 2.84. The molecule has 1 atom stereocenters. The van der Waals surface area contributed by atoms with E-state index < -0.39 is 30.3 Å². The van der Waals surface area contributed by atoms with Crippen LogP contribution in [0.1, 0.15) is 34.7 Å². The first-order chi connectivity index (χ1) is 11.3. The lowest BCUT2D eigenvalue weighted by molar-refractivity contribution is -0.0761. The Morgan fingerprint density at radius 2 is 2.21 bits per heavy atom. The van der Waals surface area contributed by atoms with Crippen LogP contribution in [0.3, 0.4) is 0 Å². The number of carbonyl (C=O) groups excluding carboxylic acids is 1. The number of likely N-dealkylation sites (tertiary alicyclic amines) is 1. The highest BCUT2D eigenvalue weighted by molar-refractivity contribution is 5.99. The summed E-state index contributed by atoms with van der Waals surface area (Å²) >= 11 is 0. The number of nitriles is 1. The van der Waals surface area contributed by atoms with Gasteiger partial charge < -0.3 is 14.7 Å². The van der Waals surface area contributed by atoms with Gasteiger partial charge in [0.2, 0.25) is 0 Å². The lowest BCUT2D eigenvalue weighted by atomic mass is 9.85. The molecule has 0 bridgehead atoms. The van der Waals surface area contributed by atoms with Gasteiger partial charge in [-0.2, -0.15) is 5.26 Å². The number of hydrogen-bond donors (Lipinski definition) is 1. The molecule has 1 unspecified atom stereocenters. The molecule has 1 aliphatic rings. The molecule has 6 nitrogen and oxygen atoms in total. The third-order valence-corrected chi connectivity index (χ3v) is 4.04. The van der Waals surface area contributed by atoms with Crippen molar-refractivity contribution >= 4 is 11.9 Å². The van der Waals surface area contributed by atoms with Gasteiger partial charge in [-0.3, -0.25) is 4.79 Å². The van der Waals surface area contributed by atoms with E-state index in [0.29, 0.717) is 4.90 Å². The fourth-order valence-electron chi connectivity index (χ4n) is 2.84. The normalized spacial score (nSPS) is 19.4. The molecular weight excluding hydrogens is 322 g/mol. The molecule has 1 heterocycles. The molecule has 1 saturated heterocycles. The summed E-state index contributed by atoms with van der Waals surface area (Å²) in [7, 11) is 1.31. The van der Waals surface area contributed by atoms with E-state index in [4.69, 9.17) is 15.1 Å². The van der Waals surface area contributed by atoms with Crippen LogP contribution in [0.2, 0.25) is 0 Å². The molecule has 1 fully saturated rings. The first-order valence-corrected chi connectivity index (χ1v) is 7.24. The molecule has 128 valence electrons. The summed E-state index contributed by atoms with van der Waals surface area (Å²) in [6, 6.07) is 5.87. The predicted octanol–water partition coefficient (Wildman–Crippen LogP) is 2.89. The van der Waals surface area contributed by atoms with Gasteiger partial charge in [-0.15, -0.1) is 0 Å². The molecule has 0 aliphatic carbocycles. The van der Waals surface area contributed by atoms with Crippen molar-refractivity contribution < 1.29 is 28.2 Å². The number of benzene rings is 1. The zero-order valence-corrected chi connectivity index (χ0v) is 13.0. The number of carbonyl (C=O) groups is 2. The number of methoxy groups -OCH3 is 1. The summed E-state index contributed by atoms with van der Waals surface area (Å²) in [6.45, 7) is -0.864. The van der Waals surface area contributed by atoms with E-state index in [9.17, 15) is 18.4 Å². The van der Waals surface area contributed by atoms with Gasteiger partial charge in [0, 0.05) is 6.54 Å². The fraction of sp³-hybridized carbons (Fsp3) is 0.438. The molecule has 0 saturated carbocycles. The van der Waals surface area contributed by atoms with Gasteiger partial charge in [0.05, 0.1) is 37.6 Å². The monoisotopic (exact) mass is 338 g/mol. The van der Waals surface area contributed by atoms with Crippen LogP contribution in [0, 0.1) is 11.3 Å². The Hall–Kier alpha value is -2.69. The van der Waals surface area contributed by atoms with Crippen molar-refractivity contribution in [3.05, 3.63) is 29.3 Å². The van der Waals surface area contributed by atoms with Gasteiger partial charge in [-0.1, -0.05) is 6.07 Å². The second-order valence-corrected chi connectivity index (χ2v) is 5.52. The van der Waals surface area contributed by atoms with Crippen LogP contribution in [0.4, 0.5) is 13.6 Å². The highest BCUT2D eigenvalue weighted by atomic mass is 19.3. The maximum absolute atomic E-state index is 14.3. The number of Topliss-reactive ketones (excluding diaryl/α,β-unsaturated/α-hetero) is 1. The average molecular weight is 338 g/mol. The number of ether oxygens (including phenoxy) is 1. The Bertz CT molecular complexity index is 700. The summed E-state index contributed by atoms with van der Waals surface area (Å²) in [5, 5.41) is 17.5. The van der Waals surface area contributed by atoms with Crippen LogP contribution < -0.4 is 4.74 Å². The molecule has 2 rings (SSSR count). The smallest absolute Gasteiger partial charge is 0.407 e. The van der Waals surface area contributed by atoms with E-state index >= 15 is 0 Å². The second-order valence-electron chi connectivity index (χ2n) is 5.52.